The monoisotopic (exact) mass is 324 g/mol. The molecule has 1 unspecified atom stereocenters. The molecule has 1 atom stereocenters. The van der Waals surface area contributed by atoms with Crippen LogP contribution in [0.4, 0.5) is 11.4 Å². The summed E-state index contributed by atoms with van der Waals surface area (Å²) in [6, 6.07) is 16.0. The molecule has 0 aliphatic carbocycles. The van der Waals surface area contributed by atoms with Crippen LogP contribution >= 0.6 is 0 Å². The number of rotatable bonds is 6. The number of imide groups is 1. The van der Waals surface area contributed by atoms with E-state index in [0.717, 1.165) is 12.1 Å². The molecule has 5 heteroatoms. The molecule has 1 saturated heterocycles. The van der Waals surface area contributed by atoms with E-state index in [4.69, 9.17) is 4.74 Å². The van der Waals surface area contributed by atoms with E-state index in [0.29, 0.717) is 18.0 Å². The molecule has 2 aromatic carbocycles. The van der Waals surface area contributed by atoms with Gasteiger partial charge in [-0.05, 0) is 30.7 Å². The van der Waals surface area contributed by atoms with Gasteiger partial charge in [0, 0.05) is 5.69 Å². The number of nitrogens with one attached hydrogen (secondary N) is 1. The Labute approximate surface area is 141 Å². The molecule has 0 radical (unpaired) electrons. The van der Waals surface area contributed by atoms with Crippen molar-refractivity contribution >= 4 is 23.2 Å². The molecule has 0 saturated carbocycles. The summed E-state index contributed by atoms with van der Waals surface area (Å²) in [6.07, 6.45) is 0.990. The minimum absolute atomic E-state index is 0.135. The van der Waals surface area contributed by atoms with E-state index in [9.17, 15) is 9.59 Å². The number of hydrogen-bond acceptors (Lipinski definition) is 4. The Bertz CT molecular complexity index is 730. The maximum Gasteiger partial charge on any atom is 0.256 e. The summed E-state index contributed by atoms with van der Waals surface area (Å²) >= 11 is 0. The van der Waals surface area contributed by atoms with E-state index in [1.54, 1.807) is 18.2 Å². The summed E-state index contributed by atoms with van der Waals surface area (Å²) in [4.78, 5) is 26.4. The first-order chi connectivity index (χ1) is 11.7. The van der Waals surface area contributed by atoms with Crippen LogP contribution in [0.2, 0.25) is 0 Å². The average molecular weight is 324 g/mol. The molecule has 0 aromatic heterocycles. The Kier molecular flexibility index (Phi) is 4.79. The van der Waals surface area contributed by atoms with Gasteiger partial charge < -0.3 is 10.1 Å². The molecule has 0 spiro atoms. The summed E-state index contributed by atoms with van der Waals surface area (Å²) < 4.78 is 5.68. The van der Waals surface area contributed by atoms with Crippen molar-refractivity contribution < 1.29 is 14.3 Å². The van der Waals surface area contributed by atoms with Gasteiger partial charge in [0.2, 0.25) is 5.91 Å². The van der Waals surface area contributed by atoms with Crippen molar-refractivity contribution in [3.63, 3.8) is 0 Å². The Hall–Kier alpha value is -2.82. The largest absolute Gasteiger partial charge is 0.491 e. The summed E-state index contributed by atoms with van der Waals surface area (Å²) in [5.74, 6) is 0.0822. The van der Waals surface area contributed by atoms with E-state index >= 15 is 0 Å². The second-order valence-corrected chi connectivity index (χ2v) is 5.65. The lowest BCUT2D eigenvalue weighted by atomic mass is 10.2. The van der Waals surface area contributed by atoms with Crippen molar-refractivity contribution in [1.82, 2.24) is 0 Å². The lowest BCUT2D eigenvalue weighted by Crippen LogP contribution is -2.35. The number of para-hydroxylation sites is 3. The third kappa shape index (κ3) is 3.25. The zero-order chi connectivity index (χ0) is 16.9. The van der Waals surface area contributed by atoms with Crippen LogP contribution < -0.4 is 15.0 Å². The molecule has 1 heterocycles. The smallest absolute Gasteiger partial charge is 0.256 e. The number of hydrogen-bond donors (Lipinski definition) is 1. The highest BCUT2D eigenvalue weighted by molar-refractivity contribution is 6.23. The van der Waals surface area contributed by atoms with Crippen molar-refractivity contribution in [2.45, 2.75) is 25.8 Å². The third-order valence-corrected chi connectivity index (χ3v) is 3.83. The van der Waals surface area contributed by atoms with Gasteiger partial charge in [-0.3, -0.25) is 9.59 Å². The van der Waals surface area contributed by atoms with Gasteiger partial charge in [0.05, 0.1) is 18.7 Å². The second-order valence-electron chi connectivity index (χ2n) is 5.65. The summed E-state index contributed by atoms with van der Waals surface area (Å²) in [5.41, 5.74) is 1.33. The molecule has 24 heavy (non-hydrogen) atoms. The van der Waals surface area contributed by atoms with Crippen LogP contribution in [0.3, 0.4) is 0 Å². The van der Waals surface area contributed by atoms with Crippen LogP contribution in [0, 0.1) is 0 Å². The van der Waals surface area contributed by atoms with Gasteiger partial charge in [0.25, 0.3) is 5.91 Å². The molecule has 0 bridgehead atoms. The normalized spacial score (nSPS) is 17.2. The van der Waals surface area contributed by atoms with Crippen LogP contribution in [0.15, 0.2) is 54.6 Å². The SMILES string of the molecule is CCCOc1ccccc1N1C(=O)CC(Nc2ccccc2)C1=O. The Balaban J connectivity index is 1.82. The number of carbonyl (C=O) groups excluding carboxylic acids is 2. The first-order valence-corrected chi connectivity index (χ1v) is 8.11. The Morgan fingerprint density at radius 3 is 2.54 bits per heavy atom. The van der Waals surface area contributed by atoms with Crippen molar-refractivity contribution in [2.24, 2.45) is 0 Å². The standard InChI is InChI=1S/C19H20N2O3/c1-2-12-24-17-11-7-6-10-16(17)21-18(22)13-15(19(21)23)20-14-8-4-3-5-9-14/h3-11,15,20H,2,12-13H2,1H3. The molecular formula is C19H20N2O3. The molecule has 2 aromatic rings. The lowest BCUT2D eigenvalue weighted by molar-refractivity contribution is -0.121. The van der Waals surface area contributed by atoms with Crippen LogP contribution in [-0.4, -0.2) is 24.5 Å². The summed E-state index contributed by atoms with van der Waals surface area (Å²) in [5, 5.41) is 3.13. The van der Waals surface area contributed by atoms with Crippen LogP contribution in [0.1, 0.15) is 19.8 Å². The van der Waals surface area contributed by atoms with Crippen molar-refractivity contribution in [3.8, 4) is 5.75 Å². The second kappa shape index (κ2) is 7.17. The van der Waals surface area contributed by atoms with Gasteiger partial charge in [0.1, 0.15) is 11.8 Å². The minimum atomic E-state index is -0.556. The zero-order valence-electron chi connectivity index (χ0n) is 13.6. The summed E-state index contributed by atoms with van der Waals surface area (Å²) in [6.45, 7) is 2.55. The lowest BCUT2D eigenvalue weighted by Gasteiger charge is -2.19. The number of carbonyl (C=O) groups is 2. The highest BCUT2D eigenvalue weighted by atomic mass is 16.5. The average Bonchev–Trinajstić information content (AvgIpc) is 2.88. The highest BCUT2D eigenvalue weighted by Crippen LogP contribution is 2.32. The molecule has 1 aliphatic rings. The molecule has 3 rings (SSSR count). The number of amides is 2. The quantitative estimate of drug-likeness (QED) is 0.829. The van der Waals surface area contributed by atoms with E-state index < -0.39 is 6.04 Å². The zero-order valence-corrected chi connectivity index (χ0v) is 13.6. The maximum atomic E-state index is 12.7. The maximum absolute atomic E-state index is 12.7. The van der Waals surface area contributed by atoms with Gasteiger partial charge in [-0.25, -0.2) is 4.90 Å². The van der Waals surface area contributed by atoms with E-state index in [2.05, 4.69) is 5.32 Å². The van der Waals surface area contributed by atoms with Crippen LogP contribution in [0.5, 0.6) is 5.75 Å². The minimum Gasteiger partial charge on any atom is -0.491 e. The topological polar surface area (TPSA) is 58.6 Å². The number of nitrogens with zero attached hydrogens (tertiary/aromatic N) is 1. The predicted octanol–water partition coefficient (Wildman–Crippen LogP) is 3.22. The molecule has 5 nitrogen and oxygen atoms in total. The van der Waals surface area contributed by atoms with Gasteiger partial charge in [-0.15, -0.1) is 0 Å². The fraction of sp³-hybridized carbons (Fsp3) is 0.263. The van der Waals surface area contributed by atoms with E-state index in [1.165, 1.54) is 4.90 Å². The molecule has 1 N–H and O–H groups in total. The fourth-order valence-corrected chi connectivity index (χ4v) is 2.71. The number of anilines is 2. The van der Waals surface area contributed by atoms with Crippen molar-refractivity contribution in [3.05, 3.63) is 54.6 Å². The van der Waals surface area contributed by atoms with Gasteiger partial charge in [-0.1, -0.05) is 37.3 Å². The predicted molar refractivity (Wildman–Crippen MR) is 93.2 cm³/mol. The highest BCUT2D eigenvalue weighted by Gasteiger charge is 2.40. The van der Waals surface area contributed by atoms with Crippen molar-refractivity contribution in [2.75, 3.05) is 16.8 Å². The van der Waals surface area contributed by atoms with Crippen LogP contribution in [-0.2, 0) is 9.59 Å². The molecule has 2 amide bonds. The number of ether oxygens (including phenoxy) is 1. The molecular weight excluding hydrogens is 304 g/mol. The van der Waals surface area contributed by atoms with Crippen molar-refractivity contribution in [1.29, 1.82) is 0 Å². The molecule has 1 aliphatic heterocycles. The van der Waals surface area contributed by atoms with Gasteiger partial charge >= 0.3 is 0 Å². The first kappa shape index (κ1) is 16.1. The molecule has 1 fully saturated rings. The first-order valence-electron chi connectivity index (χ1n) is 8.11. The van der Waals surface area contributed by atoms with E-state index in [-0.39, 0.29) is 18.2 Å². The van der Waals surface area contributed by atoms with Gasteiger partial charge in [-0.2, -0.15) is 0 Å². The fourth-order valence-electron chi connectivity index (χ4n) is 2.71. The third-order valence-electron chi connectivity index (χ3n) is 3.83. The van der Waals surface area contributed by atoms with Gasteiger partial charge in [0.15, 0.2) is 0 Å². The number of benzene rings is 2. The van der Waals surface area contributed by atoms with E-state index in [1.807, 2.05) is 43.3 Å². The van der Waals surface area contributed by atoms with Crippen LogP contribution in [0.25, 0.3) is 0 Å². The molecule has 124 valence electrons. The summed E-state index contributed by atoms with van der Waals surface area (Å²) in [7, 11) is 0. The Morgan fingerprint density at radius 1 is 1.08 bits per heavy atom. The Morgan fingerprint density at radius 2 is 1.79 bits per heavy atom.